The Morgan fingerprint density at radius 2 is 1.68 bits per heavy atom. The molecule has 0 saturated heterocycles. The second kappa shape index (κ2) is 11.0. The lowest BCUT2D eigenvalue weighted by Gasteiger charge is -2.28. The highest BCUT2D eigenvalue weighted by Gasteiger charge is 2.22. The van der Waals surface area contributed by atoms with E-state index in [4.69, 9.17) is 4.74 Å². The van der Waals surface area contributed by atoms with Gasteiger partial charge in [-0.2, -0.15) is 0 Å². The molecule has 0 aliphatic carbocycles. The molecule has 4 aromatic rings. The minimum atomic E-state index is -0.199. The van der Waals surface area contributed by atoms with E-state index in [0.29, 0.717) is 28.9 Å². The van der Waals surface area contributed by atoms with Gasteiger partial charge in [0.15, 0.2) is 0 Å². The Kier molecular flexibility index (Phi) is 7.77. The molecule has 6 nitrogen and oxygen atoms in total. The van der Waals surface area contributed by atoms with Crippen LogP contribution >= 0.6 is 0 Å². The van der Waals surface area contributed by atoms with Crippen molar-refractivity contribution in [3.8, 4) is 5.75 Å². The van der Waals surface area contributed by atoms with E-state index in [1.165, 1.54) is 5.56 Å². The fourth-order valence-electron chi connectivity index (χ4n) is 4.15. The van der Waals surface area contributed by atoms with Crippen molar-refractivity contribution < 1.29 is 9.53 Å². The molecule has 0 aliphatic heterocycles. The Bertz CT molecular complexity index is 1420. The lowest BCUT2D eigenvalue weighted by atomic mass is 9.87. The van der Waals surface area contributed by atoms with Crippen LogP contribution in [-0.2, 0) is 18.6 Å². The molecule has 1 unspecified atom stereocenters. The number of benzene rings is 3. The van der Waals surface area contributed by atoms with Gasteiger partial charge in [0.1, 0.15) is 18.2 Å². The number of aromatic nitrogens is 2. The van der Waals surface area contributed by atoms with Crippen LogP contribution in [0.5, 0.6) is 5.75 Å². The quantitative estimate of drug-likeness (QED) is 0.313. The Balaban J connectivity index is 1.46. The van der Waals surface area contributed by atoms with Crippen LogP contribution in [0.1, 0.15) is 68.3 Å². The van der Waals surface area contributed by atoms with Gasteiger partial charge in [0, 0.05) is 11.6 Å². The number of amides is 1. The predicted molar refractivity (Wildman–Crippen MR) is 148 cm³/mol. The minimum Gasteiger partial charge on any atom is -0.489 e. The molecule has 4 rings (SSSR count). The largest absolute Gasteiger partial charge is 0.489 e. The van der Waals surface area contributed by atoms with Crippen molar-refractivity contribution in [3.05, 3.63) is 106 Å². The van der Waals surface area contributed by atoms with Gasteiger partial charge in [0.2, 0.25) is 0 Å². The molecule has 37 heavy (non-hydrogen) atoms. The Hall–Kier alpha value is -3.93. The molecule has 0 bridgehead atoms. The molecular formula is C31H35N3O3. The summed E-state index contributed by atoms with van der Waals surface area (Å²) in [7, 11) is 0. The first-order chi connectivity index (χ1) is 17.7. The van der Waals surface area contributed by atoms with Gasteiger partial charge in [-0.25, -0.2) is 4.98 Å². The number of rotatable bonds is 8. The Morgan fingerprint density at radius 3 is 2.32 bits per heavy atom. The molecule has 0 radical (unpaired) electrons. The summed E-state index contributed by atoms with van der Waals surface area (Å²) in [6, 6.07) is 22.9. The van der Waals surface area contributed by atoms with Crippen molar-refractivity contribution in [3.63, 3.8) is 0 Å². The number of H-pyrrole nitrogens is 1. The molecule has 0 saturated carbocycles. The van der Waals surface area contributed by atoms with Gasteiger partial charge in [-0.05, 0) is 66.3 Å². The summed E-state index contributed by atoms with van der Waals surface area (Å²) in [5.74, 6) is 1.18. The first-order valence-corrected chi connectivity index (χ1v) is 12.8. The third-order valence-corrected chi connectivity index (χ3v) is 6.69. The van der Waals surface area contributed by atoms with E-state index in [1.54, 1.807) is 11.0 Å². The Labute approximate surface area is 218 Å². The SMILES string of the molecule is CCC(C)N(Cc1nc2ccccc2c(=O)[nH]1)C(=O)c1ccc(COc2ccc(C(C)(C)C)cc2)cc1. The van der Waals surface area contributed by atoms with E-state index in [-0.39, 0.29) is 29.5 Å². The van der Waals surface area contributed by atoms with E-state index in [2.05, 4.69) is 42.9 Å². The van der Waals surface area contributed by atoms with Gasteiger partial charge < -0.3 is 14.6 Å². The maximum atomic E-state index is 13.5. The van der Waals surface area contributed by atoms with Gasteiger partial charge in [-0.15, -0.1) is 0 Å². The highest BCUT2D eigenvalue weighted by molar-refractivity contribution is 5.94. The molecule has 1 atom stereocenters. The number of carbonyl (C=O) groups excluding carboxylic acids is 1. The number of nitrogens with one attached hydrogen (secondary N) is 1. The fourth-order valence-corrected chi connectivity index (χ4v) is 4.15. The number of ether oxygens (including phenoxy) is 1. The molecule has 1 heterocycles. The standard InChI is InChI=1S/C31H35N3O3/c1-6-21(2)34(19-28-32-27-10-8-7-9-26(27)29(35)33-28)30(36)23-13-11-22(12-14-23)20-37-25-17-15-24(16-18-25)31(3,4)5/h7-18,21H,6,19-20H2,1-5H3,(H,32,33,35). The maximum absolute atomic E-state index is 13.5. The predicted octanol–water partition coefficient (Wildman–Crippen LogP) is 6.24. The second-order valence-electron chi connectivity index (χ2n) is 10.5. The van der Waals surface area contributed by atoms with Crippen LogP contribution < -0.4 is 10.3 Å². The van der Waals surface area contributed by atoms with E-state index < -0.39 is 0 Å². The van der Waals surface area contributed by atoms with Crippen LogP contribution in [0.25, 0.3) is 10.9 Å². The molecule has 6 heteroatoms. The second-order valence-corrected chi connectivity index (χ2v) is 10.5. The Morgan fingerprint density at radius 1 is 1.00 bits per heavy atom. The topological polar surface area (TPSA) is 75.3 Å². The van der Waals surface area contributed by atoms with Crippen molar-refractivity contribution in [2.24, 2.45) is 0 Å². The number of fused-ring (bicyclic) bond motifs is 1. The van der Waals surface area contributed by atoms with Crippen LogP contribution in [0.2, 0.25) is 0 Å². The number of hydrogen-bond acceptors (Lipinski definition) is 4. The molecule has 0 spiro atoms. The molecule has 3 aromatic carbocycles. The average Bonchev–Trinajstić information content (AvgIpc) is 2.90. The normalized spacial score (nSPS) is 12.4. The molecule has 1 amide bonds. The van der Waals surface area contributed by atoms with Crippen molar-refractivity contribution in [2.45, 2.75) is 65.6 Å². The summed E-state index contributed by atoms with van der Waals surface area (Å²) in [5.41, 5.74) is 3.35. The highest BCUT2D eigenvalue weighted by Crippen LogP contribution is 2.25. The zero-order chi connectivity index (χ0) is 26.6. The van der Waals surface area contributed by atoms with Crippen molar-refractivity contribution in [1.29, 1.82) is 0 Å². The molecule has 0 fully saturated rings. The van der Waals surface area contributed by atoms with E-state index >= 15 is 0 Å². The van der Waals surface area contributed by atoms with Gasteiger partial charge >= 0.3 is 0 Å². The monoisotopic (exact) mass is 497 g/mol. The average molecular weight is 498 g/mol. The van der Waals surface area contributed by atoms with Crippen molar-refractivity contribution >= 4 is 16.8 Å². The zero-order valence-corrected chi connectivity index (χ0v) is 22.2. The summed E-state index contributed by atoms with van der Waals surface area (Å²) in [6.07, 6.45) is 0.781. The summed E-state index contributed by atoms with van der Waals surface area (Å²) >= 11 is 0. The minimum absolute atomic E-state index is 0.0247. The van der Waals surface area contributed by atoms with Crippen LogP contribution in [0.4, 0.5) is 0 Å². The van der Waals surface area contributed by atoms with Crippen molar-refractivity contribution in [2.75, 3.05) is 0 Å². The van der Waals surface area contributed by atoms with Crippen LogP contribution in [0.15, 0.2) is 77.6 Å². The third kappa shape index (κ3) is 6.26. The smallest absolute Gasteiger partial charge is 0.258 e. The number of nitrogens with zero attached hydrogens (tertiary/aromatic N) is 2. The number of hydrogen-bond donors (Lipinski definition) is 1. The number of para-hydroxylation sites is 1. The van der Waals surface area contributed by atoms with Gasteiger partial charge in [0.05, 0.1) is 17.4 Å². The van der Waals surface area contributed by atoms with Gasteiger partial charge in [-0.1, -0.05) is 64.1 Å². The summed E-state index contributed by atoms with van der Waals surface area (Å²) < 4.78 is 5.95. The molecule has 192 valence electrons. The molecular weight excluding hydrogens is 462 g/mol. The number of carbonyl (C=O) groups is 1. The van der Waals surface area contributed by atoms with Crippen LogP contribution in [0.3, 0.4) is 0 Å². The lowest BCUT2D eigenvalue weighted by molar-refractivity contribution is 0.0666. The zero-order valence-electron chi connectivity index (χ0n) is 22.2. The first-order valence-electron chi connectivity index (χ1n) is 12.8. The van der Waals surface area contributed by atoms with E-state index in [1.807, 2.05) is 68.4 Å². The van der Waals surface area contributed by atoms with Crippen molar-refractivity contribution in [1.82, 2.24) is 14.9 Å². The highest BCUT2D eigenvalue weighted by atomic mass is 16.5. The summed E-state index contributed by atoms with van der Waals surface area (Å²) in [4.78, 5) is 35.2. The van der Waals surface area contributed by atoms with Gasteiger partial charge in [0.25, 0.3) is 11.5 Å². The van der Waals surface area contributed by atoms with Crippen LogP contribution in [-0.4, -0.2) is 26.8 Å². The maximum Gasteiger partial charge on any atom is 0.258 e. The van der Waals surface area contributed by atoms with E-state index in [9.17, 15) is 9.59 Å². The summed E-state index contributed by atoms with van der Waals surface area (Å²) in [6.45, 7) is 11.2. The van der Waals surface area contributed by atoms with Crippen LogP contribution in [0, 0.1) is 0 Å². The van der Waals surface area contributed by atoms with Gasteiger partial charge in [-0.3, -0.25) is 9.59 Å². The number of aromatic amines is 1. The third-order valence-electron chi connectivity index (χ3n) is 6.69. The fraction of sp³-hybridized carbons (Fsp3) is 0.323. The first kappa shape index (κ1) is 26.1. The lowest BCUT2D eigenvalue weighted by Crippen LogP contribution is -2.38. The molecule has 0 aliphatic rings. The molecule has 1 N–H and O–H groups in total. The molecule has 1 aromatic heterocycles. The van der Waals surface area contributed by atoms with E-state index in [0.717, 1.165) is 17.7 Å². The summed E-state index contributed by atoms with van der Waals surface area (Å²) in [5, 5.41) is 0.538.